The van der Waals surface area contributed by atoms with Gasteiger partial charge in [0.05, 0.1) is 19.5 Å². The topological polar surface area (TPSA) is 65.0 Å². The summed E-state index contributed by atoms with van der Waals surface area (Å²) in [7, 11) is 0. The van der Waals surface area contributed by atoms with Gasteiger partial charge in [0.25, 0.3) is 0 Å². The lowest BCUT2D eigenvalue weighted by molar-refractivity contribution is 0.0323. The summed E-state index contributed by atoms with van der Waals surface area (Å²) in [6.07, 6.45) is 1.61. The van der Waals surface area contributed by atoms with Crippen molar-refractivity contribution in [3.05, 3.63) is 40.9 Å². The maximum Gasteiger partial charge on any atom is 0.336 e. The van der Waals surface area contributed by atoms with Gasteiger partial charge in [-0.1, -0.05) is 0 Å². The van der Waals surface area contributed by atoms with Crippen LogP contribution < -0.4 is 10.4 Å². The fourth-order valence-electron chi connectivity index (χ4n) is 2.84. The Hall–Kier alpha value is -2.31. The molecule has 23 heavy (non-hydrogen) atoms. The molecule has 1 aliphatic rings. The van der Waals surface area contributed by atoms with Crippen LogP contribution in [-0.2, 0) is 4.74 Å². The Labute approximate surface area is 132 Å². The van der Waals surface area contributed by atoms with Crippen LogP contribution in [0.1, 0.15) is 0 Å². The molecule has 0 aliphatic carbocycles. The Bertz CT molecular complexity index is 875. The van der Waals surface area contributed by atoms with Crippen molar-refractivity contribution in [1.29, 1.82) is 0 Å². The average molecular weight is 315 g/mol. The number of hydrogen-bond acceptors (Lipinski definition) is 6. The highest BCUT2D eigenvalue weighted by Gasteiger charge is 2.16. The number of ether oxygens (including phenoxy) is 2. The Morgan fingerprint density at radius 1 is 1.09 bits per heavy atom. The number of fused-ring (bicyclic) bond motifs is 2. The lowest BCUT2D eigenvalue weighted by atomic mass is 10.1. The van der Waals surface area contributed by atoms with E-state index in [2.05, 4.69) is 4.90 Å². The zero-order valence-corrected chi connectivity index (χ0v) is 12.6. The van der Waals surface area contributed by atoms with E-state index in [9.17, 15) is 4.79 Å². The third-order valence-corrected chi connectivity index (χ3v) is 4.04. The first kappa shape index (κ1) is 14.3. The van der Waals surface area contributed by atoms with Crippen molar-refractivity contribution < 1.29 is 18.3 Å². The number of benzene rings is 1. The average Bonchev–Trinajstić information content (AvgIpc) is 3.04. The normalized spacial score (nSPS) is 16.2. The number of rotatable bonds is 4. The Morgan fingerprint density at radius 3 is 2.78 bits per heavy atom. The van der Waals surface area contributed by atoms with Gasteiger partial charge >= 0.3 is 5.63 Å². The van der Waals surface area contributed by atoms with Gasteiger partial charge in [-0.05, 0) is 18.2 Å². The second-order valence-electron chi connectivity index (χ2n) is 5.52. The number of morpholine rings is 1. The molecular formula is C17H17NO5. The third-order valence-electron chi connectivity index (χ3n) is 4.04. The maximum absolute atomic E-state index is 11.6. The molecule has 0 N–H and O–H groups in total. The molecule has 120 valence electrons. The van der Waals surface area contributed by atoms with Crippen molar-refractivity contribution in [3.63, 3.8) is 0 Å². The molecule has 1 aliphatic heterocycles. The van der Waals surface area contributed by atoms with Gasteiger partial charge in [-0.15, -0.1) is 0 Å². The Balaban J connectivity index is 1.64. The molecule has 2 aromatic heterocycles. The second-order valence-corrected chi connectivity index (χ2v) is 5.52. The van der Waals surface area contributed by atoms with E-state index in [1.807, 2.05) is 12.1 Å². The van der Waals surface area contributed by atoms with Gasteiger partial charge in [-0.25, -0.2) is 4.79 Å². The molecule has 0 bridgehead atoms. The number of nitrogens with zero attached hydrogens (tertiary/aromatic N) is 1. The van der Waals surface area contributed by atoms with E-state index in [1.165, 1.54) is 6.07 Å². The fraction of sp³-hybridized carbons (Fsp3) is 0.353. The van der Waals surface area contributed by atoms with Gasteiger partial charge in [0.2, 0.25) is 5.75 Å². The SMILES string of the molecule is O=c1ccc2cc3ccoc3c(OCCN3CCOCC3)c2o1. The highest BCUT2D eigenvalue weighted by molar-refractivity contribution is 5.99. The molecule has 3 heterocycles. The van der Waals surface area contributed by atoms with E-state index in [0.29, 0.717) is 23.5 Å². The van der Waals surface area contributed by atoms with E-state index < -0.39 is 5.63 Å². The molecule has 0 saturated carbocycles. The summed E-state index contributed by atoms with van der Waals surface area (Å²) in [5.41, 5.74) is 0.636. The molecular weight excluding hydrogens is 298 g/mol. The first-order valence-electron chi connectivity index (χ1n) is 7.68. The van der Waals surface area contributed by atoms with E-state index in [-0.39, 0.29) is 0 Å². The summed E-state index contributed by atoms with van der Waals surface area (Å²) in [6.45, 7) is 4.61. The van der Waals surface area contributed by atoms with Crippen LogP contribution in [-0.4, -0.2) is 44.4 Å². The summed E-state index contributed by atoms with van der Waals surface area (Å²) in [4.78, 5) is 13.8. The predicted molar refractivity (Wildman–Crippen MR) is 85.0 cm³/mol. The van der Waals surface area contributed by atoms with E-state index >= 15 is 0 Å². The molecule has 3 aromatic rings. The Morgan fingerprint density at radius 2 is 1.91 bits per heavy atom. The van der Waals surface area contributed by atoms with Crippen LogP contribution in [0.15, 0.2) is 44.2 Å². The fourth-order valence-corrected chi connectivity index (χ4v) is 2.84. The number of furan rings is 1. The summed E-state index contributed by atoms with van der Waals surface area (Å²) in [6, 6.07) is 6.94. The minimum absolute atomic E-state index is 0.401. The van der Waals surface area contributed by atoms with Crippen LogP contribution in [0, 0.1) is 0 Å². The molecule has 1 fully saturated rings. The molecule has 0 radical (unpaired) electrons. The van der Waals surface area contributed by atoms with Crippen LogP contribution >= 0.6 is 0 Å². The van der Waals surface area contributed by atoms with Gasteiger partial charge in [0.1, 0.15) is 6.61 Å². The minimum atomic E-state index is -0.401. The van der Waals surface area contributed by atoms with Gasteiger partial charge in [-0.3, -0.25) is 4.90 Å². The Kier molecular flexibility index (Phi) is 3.77. The molecule has 6 heteroatoms. The highest BCUT2D eigenvalue weighted by Crippen LogP contribution is 2.34. The van der Waals surface area contributed by atoms with Crippen LogP contribution in [0.4, 0.5) is 0 Å². The molecule has 0 spiro atoms. The number of hydrogen-bond donors (Lipinski definition) is 0. The van der Waals surface area contributed by atoms with Gasteiger partial charge in [-0.2, -0.15) is 0 Å². The highest BCUT2D eigenvalue weighted by atomic mass is 16.5. The molecule has 1 saturated heterocycles. The summed E-state index contributed by atoms with van der Waals surface area (Å²) in [5, 5.41) is 1.74. The lowest BCUT2D eigenvalue weighted by Gasteiger charge is -2.26. The standard InChI is InChI=1S/C17H17NO5/c19-14-2-1-12-11-13-3-7-21-15(13)17(16(12)23-14)22-10-6-18-4-8-20-9-5-18/h1-3,7,11H,4-6,8-10H2. The predicted octanol–water partition coefficient (Wildman–Crippen LogP) is 2.25. The maximum atomic E-state index is 11.6. The van der Waals surface area contributed by atoms with Crippen molar-refractivity contribution in [2.24, 2.45) is 0 Å². The molecule has 0 atom stereocenters. The lowest BCUT2D eigenvalue weighted by Crippen LogP contribution is -2.38. The monoisotopic (exact) mass is 315 g/mol. The largest absolute Gasteiger partial charge is 0.485 e. The zero-order chi connectivity index (χ0) is 15.6. The molecule has 1 aromatic carbocycles. The van der Waals surface area contributed by atoms with E-state index in [4.69, 9.17) is 18.3 Å². The van der Waals surface area contributed by atoms with Crippen LogP contribution in [0.25, 0.3) is 21.9 Å². The van der Waals surface area contributed by atoms with Crippen molar-refractivity contribution in [1.82, 2.24) is 4.90 Å². The molecule has 0 unspecified atom stereocenters. The first-order valence-corrected chi connectivity index (χ1v) is 7.68. The van der Waals surface area contributed by atoms with Crippen molar-refractivity contribution in [2.45, 2.75) is 0 Å². The molecule has 4 rings (SSSR count). The molecule has 6 nitrogen and oxygen atoms in total. The van der Waals surface area contributed by atoms with Gasteiger partial charge < -0.3 is 18.3 Å². The van der Waals surface area contributed by atoms with Crippen molar-refractivity contribution in [3.8, 4) is 5.75 Å². The van der Waals surface area contributed by atoms with Gasteiger partial charge in [0.15, 0.2) is 11.2 Å². The van der Waals surface area contributed by atoms with Crippen LogP contribution in [0.5, 0.6) is 5.75 Å². The molecule has 0 amide bonds. The minimum Gasteiger partial charge on any atom is -0.485 e. The van der Waals surface area contributed by atoms with Crippen LogP contribution in [0.3, 0.4) is 0 Å². The van der Waals surface area contributed by atoms with Crippen molar-refractivity contribution >= 4 is 21.9 Å². The summed E-state index contributed by atoms with van der Waals surface area (Å²) >= 11 is 0. The van der Waals surface area contributed by atoms with Gasteiger partial charge in [0, 0.05) is 36.5 Å². The zero-order valence-electron chi connectivity index (χ0n) is 12.6. The van der Waals surface area contributed by atoms with Crippen molar-refractivity contribution in [2.75, 3.05) is 39.5 Å². The second kappa shape index (κ2) is 6.06. The van der Waals surface area contributed by atoms with E-state index in [1.54, 1.807) is 12.3 Å². The van der Waals surface area contributed by atoms with Crippen LogP contribution in [0.2, 0.25) is 0 Å². The summed E-state index contributed by atoms with van der Waals surface area (Å²) in [5.74, 6) is 0.494. The third kappa shape index (κ3) is 2.83. The first-order chi connectivity index (χ1) is 11.3. The quantitative estimate of drug-likeness (QED) is 0.688. The van der Waals surface area contributed by atoms with E-state index in [0.717, 1.165) is 43.6 Å². The summed E-state index contributed by atoms with van der Waals surface area (Å²) < 4.78 is 22.1. The smallest absolute Gasteiger partial charge is 0.336 e.